The van der Waals surface area contributed by atoms with E-state index >= 15 is 0 Å². The normalized spacial score (nSPS) is 10.6. The van der Waals surface area contributed by atoms with Crippen molar-refractivity contribution in [3.63, 3.8) is 0 Å². The average molecular weight is 323 g/mol. The van der Waals surface area contributed by atoms with Crippen LogP contribution in [0, 0.1) is 19.7 Å². The lowest BCUT2D eigenvalue weighted by Gasteiger charge is -2.18. The zero-order chi connectivity index (χ0) is 17.9. The maximum atomic E-state index is 14.5. The molecule has 2 heteroatoms. The van der Waals surface area contributed by atoms with Crippen LogP contribution in [0.4, 0.5) is 4.39 Å². The molecular formula is C22H26FN. The van der Waals surface area contributed by atoms with E-state index in [1.807, 2.05) is 32.2 Å². The van der Waals surface area contributed by atoms with Crippen LogP contribution in [0.15, 0.2) is 48.6 Å². The second-order valence-electron chi connectivity index (χ2n) is 6.45. The summed E-state index contributed by atoms with van der Waals surface area (Å²) in [5.41, 5.74) is 7.97. The summed E-state index contributed by atoms with van der Waals surface area (Å²) < 4.78 is 14.5. The van der Waals surface area contributed by atoms with Crippen molar-refractivity contribution in [2.24, 2.45) is 0 Å². The van der Waals surface area contributed by atoms with Gasteiger partial charge in [-0.1, -0.05) is 42.5 Å². The molecule has 0 aliphatic carbocycles. The fraction of sp³-hybridized carbons (Fsp3) is 0.273. The van der Waals surface area contributed by atoms with Gasteiger partial charge in [0.05, 0.1) is 0 Å². The van der Waals surface area contributed by atoms with Crippen LogP contribution in [0.1, 0.15) is 41.7 Å². The van der Waals surface area contributed by atoms with Crippen LogP contribution < -0.4 is 5.32 Å². The number of halogens is 1. The fourth-order valence-corrected chi connectivity index (χ4v) is 3.08. The molecule has 0 aliphatic heterocycles. The molecule has 0 atom stereocenters. The standard InChI is InChI=1S/C22H26FN/c1-14(2)22(19-10-8-7-9-15(19)3)17(5)18-11-16(4)20(13-24-6)21(23)12-18/h7-12,24H,5,13H2,1-4,6H3. The monoisotopic (exact) mass is 323 g/mol. The Labute approximate surface area is 144 Å². The first-order chi connectivity index (χ1) is 11.4. The van der Waals surface area contributed by atoms with Crippen LogP contribution in [0.2, 0.25) is 0 Å². The molecule has 2 aromatic rings. The minimum atomic E-state index is -0.182. The van der Waals surface area contributed by atoms with Gasteiger partial charge in [0.15, 0.2) is 0 Å². The highest BCUT2D eigenvalue weighted by Crippen LogP contribution is 2.35. The lowest BCUT2D eigenvalue weighted by molar-refractivity contribution is 0.598. The zero-order valence-electron chi connectivity index (χ0n) is 15.3. The van der Waals surface area contributed by atoms with Gasteiger partial charge in [-0.05, 0) is 74.2 Å². The molecule has 0 aromatic heterocycles. The summed E-state index contributed by atoms with van der Waals surface area (Å²) in [5, 5.41) is 3.02. The quantitative estimate of drug-likeness (QED) is 0.699. The van der Waals surface area contributed by atoms with Crippen LogP contribution in [-0.4, -0.2) is 7.05 Å². The smallest absolute Gasteiger partial charge is 0.128 e. The third-order valence-electron chi connectivity index (χ3n) is 4.34. The summed E-state index contributed by atoms with van der Waals surface area (Å²) in [7, 11) is 1.82. The van der Waals surface area contributed by atoms with Gasteiger partial charge in [0.2, 0.25) is 0 Å². The van der Waals surface area contributed by atoms with E-state index in [4.69, 9.17) is 0 Å². The predicted octanol–water partition coefficient (Wildman–Crippen LogP) is 5.67. The lowest BCUT2D eigenvalue weighted by atomic mass is 9.87. The SMILES string of the molecule is C=C(C(=C(C)C)c1ccccc1C)c1cc(C)c(CNC)c(F)c1. The number of hydrogen-bond acceptors (Lipinski definition) is 1. The fourth-order valence-electron chi connectivity index (χ4n) is 3.08. The Morgan fingerprint density at radius 2 is 1.75 bits per heavy atom. The Morgan fingerprint density at radius 1 is 1.08 bits per heavy atom. The maximum absolute atomic E-state index is 14.5. The highest BCUT2D eigenvalue weighted by molar-refractivity contribution is 6.05. The predicted molar refractivity (Wildman–Crippen MR) is 102 cm³/mol. The molecule has 0 fully saturated rings. The maximum Gasteiger partial charge on any atom is 0.128 e. The van der Waals surface area contributed by atoms with E-state index in [0.29, 0.717) is 12.1 Å². The van der Waals surface area contributed by atoms with Gasteiger partial charge in [-0.3, -0.25) is 0 Å². The van der Waals surface area contributed by atoms with Crippen molar-refractivity contribution in [3.05, 3.63) is 82.2 Å². The third kappa shape index (κ3) is 3.65. The molecule has 0 saturated heterocycles. The number of benzene rings is 2. The molecule has 0 aliphatic rings. The number of allylic oxidation sites excluding steroid dienone is 3. The highest BCUT2D eigenvalue weighted by Gasteiger charge is 2.15. The molecule has 0 spiro atoms. The molecule has 126 valence electrons. The van der Waals surface area contributed by atoms with Crippen LogP contribution in [0.5, 0.6) is 0 Å². The van der Waals surface area contributed by atoms with E-state index in [-0.39, 0.29) is 5.82 Å². The number of rotatable bonds is 5. The molecule has 0 heterocycles. The summed E-state index contributed by atoms with van der Waals surface area (Å²) in [5.74, 6) is -0.182. The van der Waals surface area contributed by atoms with E-state index in [1.165, 1.54) is 11.1 Å². The van der Waals surface area contributed by atoms with E-state index in [2.05, 4.69) is 44.8 Å². The summed E-state index contributed by atoms with van der Waals surface area (Å²) >= 11 is 0. The summed E-state index contributed by atoms with van der Waals surface area (Å²) in [6.45, 7) is 13.0. The van der Waals surface area contributed by atoms with Crippen molar-refractivity contribution in [1.82, 2.24) is 5.32 Å². The van der Waals surface area contributed by atoms with Crippen LogP contribution in [-0.2, 0) is 6.54 Å². The number of hydrogen-bond donors (Lipinski definition) is 1. The van der Waals surface area contributed by atoms with Gasteiger partial charge >= 0.3 is 0 Å². The molecule has 0 saturated carbocycles. The Morgan fingerprint density at radius 3 is 2.29 bits per heavy atom. The van der Waals surface area contributed by atoms with E-state index in [9.17, 15) is 4.39 Å². The summed E-state index contributed by atoms with van der Waals surface area (Å²) in [6, 6.07) is 11.9. The zero-order valence-corrected chi connectivity index (χ0v) is 15.3. The minimum Gasteiger partial charge on any atom is -0.316 e. The second-order valence-corrected chi connectivity index (χ2v) is 6.45. The van der Waals surface area contributed by atoms with Crippen molar-refractivity contribution < 1.29 is 4.39 Å². The third-order valence-corrected chi connectivity index (χ3v) is 4.34. The molecule has 0 amide bonds. The van der Waals surface area contributed by atoms with E-state index in [1.54, 1.807) is 6.07 Å². The Kier molecular flexibility index (Phi) is 5.74. The van der Waals surface area contributed by atoms with Gasteiger partial charge in [-0.25, -0.2) is 4.39 Å². The molecule has 1 N–H and O–H groups in total. The molecule has 1 nitrogen and oxygen atoms in total. The Bertz CT molecular complexity index is 772. The van der Waals surface area contributed by atoms with Gasteiger partial charge in [0.25, 0.3) is 0 Å². The second kappa shape index (κ2) is 7.59. The Balaban J connectivity index is 2.54. The molecule has 24 heavy (non-hydrogen) atoms. The molecule has 2 aromatic carbocycles. The first kappa shape index (κ1) is 18.2. The number of aryl methyl sites for hydroxylation is 2. The van der Waals surface area contributed by atoms with Gasteiger partial charge in [0, 0.05) is 12.1 Å². The van der Waals surface area contributed by atoms with Gasteiger partial charge in [0.1, 0.15) is 5.82 Å². The van der Waals surface area contributed by atoms with Crippen LogP contribution >= 0.6 is 0 Å². The van der Waals surface area contributed by atoms with Crippen molar-refractivity contribution in [1.29, 1.82) is 0 Å². The minimum absolute atomic E-state index is 0.182. The highest BCUT2D eigenvalue weighted by atomic mass is 19.1. The number of nitrogens with one attached hydrogen (secondary N) is 1. The topological polar surface area (TPSA) is 12.0 Å². The van der Waals surface area contributed by atoms with Crippen molar-refractivity contribution in [3.8, 4) is 0 Å². The van der Waals surface area contributed by atoms with E-state index < -0.39 is 0 Å². The first-order valence-corrected chi connectivity index (χ1v) is 8.23. The molecule has 0 bridgehead atoms. The van der Waals surface area contributed by atoms with Crippen molar-refractivity contribution in [2.45, 2.75) is 34.2 Å². The van der Waals surface area contributed by atoms with Gasteiger partial charge < -0.3 is 5.32 Å². The molecule has 0 unspecified atom stereocenters. The average Bonchev–Trinajstić information content (AvgIpc) is 2.52. The van der Waals surface area contributed by atoms with E-state index in [0.717, 1.165) is 27.8 Å². The van der Waals surface area contributed by atoms with Crippen molar-refractivity contribution in [2.75, 3.05) is 7.05 Å². The molecule has 2 rings (SSSR count). The van der Waals surface area contributed by atoms with Gasteiger partial charge in [-0.15, -0.1) is 0 Å². The van der Waals surface area contributed by atoms with Crippen LogP contribution in [0.3, 0.4) is 0 Å². The van der Waals surface area contributed by atoms with Gasteiger partial charge in [-0.2, -0.15) is 0 Å². The first-order valence-electron chi connectivity index (χ1n) is 8.23. The summed E-state index contributed by atoms with van der Waals surface area (Å²) in [4.78, 5) is 0. The molecular weight excluding hydrogens is 297 g/mol. The summed E-state index contributed by atoms with van der Waals surface area (Å²) in [6.07, 6.45) is 0. The lowest BCUT2D eigenvalue weighted by Crippen LogP contribution is -2.09. The van der Waals surface area contributed by atoms with Crippen molar-refractivity contribution >= 4 is 11.1 Å². The van der Waals surface area contributed by atoms with Crippen LogP contribution in [0.25, 0.3) is 11.1 Å². The Hall–Kier alpha value is -2.19. The largest absolute Gasteiger partial charge is 0.316 e. The molecule has 0 radical (unpaired) electrons.